The van der Waals surface area contributed by atoms with Crippen LogP contribution in [0, 0.1) is 0 Å². The van der Waals surface area contributed by atoms with Crippen molar-refractivity contribution in [1.82, 2.24) is 15.0 Å². The van der Waals surface area contributed by atoms with Crippen molar-refractivity contribution in [2.45, 2.75) is 26.2 Å². The Balaban J connectivity index is 1.90. The first-order valence-corrected chi connectivity index (χ1v) is 8.22. The first-order valence-electron chi connectivity index (χ1n) is 6.46. The number of hydrazone groups is 1. The van der Waals surface area contributed by atoms with Crippen LogP contribution in [0.15, 0.2) is 28.4 Å². The zero-order chi connectivity index (χ0) is 14.9. The van der Waals surface area contributed by atoms with Crippen molar-refractivity contribution in [3.8, 4) is 0 Å². The van der Waals surface area contributed by atoms with Crippen LogP contribution >= 0.6 is 22.7 Å². The van der Waals surface area contributed by atoms with Gasteiger partial charge in [0.2, 0.25) is 0 Å². The molecule has 108 valence electrons. The van der Waals surface area contributed by atoms with Crippen LogP contribution in [-0.2, 0) is 5.41 Å². The average molecular weight is 317 g/mol. The van der Waals surface area contributed by atoms with Crippen molar-refractivity contribution in [1.29, 1.82) is 0 Å². The number of fused-ring (bicyclic) bond motifs is 1. The van der Waals surface area contributed by atoms with Gasteiger partial charge in [-0.3, -0.25) is 5.43 Å². The summed E-state index contributed by atoms with van der Waals surface area (Å²) in [6, 6.07) is 2.14. The molecule has 0 aliphatic rings. The molecule has 0 fully saturated rings. The Hall–Kier alpha value is -1.86. The van der Waals surface area contributed by atoms with Gasteiger partial charge in [0.05, 0.1) is 22.8 Å². The van der Waals surface area contributed by atoms with Crippen molar-refractivity contribution in [3.05, 3.63) is 33.9 Å². The van der Waals surface area contributed by atoms with E-state index in [2.05, 4.69) is 52.3 Å². The molecule has 3 rings (SSSR count). The number of hydrogen-bond donors (Lipinski definition) is 1. The third kappa shape index (κ3) is 3.08. The van der Waals surface area contributed by atoms with E-state index in [-0.39, 0.29) is 5.41 Å². The molecular weight excluding hydrogens is 302 g/mol. The van der Waals surface area contributed by atoms with Gasteiger partial charge in [-0.25, -0.2) is 15.0 Å². The number of nitrogens with zero attached hydrogens (tertiary/aromatic N) is 4. The second-order valence-corrected chi connectivity index (χ2v) is 7.33. The Kier molecular flexibility index (Phi) is 3.69. The first-order chi connectivity index (χ1) is 10.0. The minimum Gasteiger partial charge on any atom is -0.261 e. The van der Waals surface area contributed by atoms with Gasteiger partial charge in [-0.1, -0.05) is 20.8 Å². The molecule has 21 heavy (non-hydrogen) atoms. The van der Waals surface area contributed by atoms with Gasteiger partial charge in [-0.05, 0) is 11.5 Å². The van der Waals surface area contributed by atoms with Gasteiger partial charge in [-0.15, -0.1) is 22.7 Å². The zero-order valence-electron chi connectivity index (χ0n) is 12.0. The molecule has 0 aromatic carbocycles. The van der Waals surface area contributed by atoms with E-state index in [0.717, 1.165) is 21.7 Å². The van der Waals surface area contributed by atoms with Crippen LogP contribution < -0.4 is 5.43 Å². The molecule has 0 amide bonds. The van der Waals surface area contributed by atoms with Crippen molar-refractivity contribution < 1.29 is 0 Å². The monoisotopic (exact) mass is 317 g/mol. The summed E-state index contributed by atoms with van der Waals surface area (Å²) in [7, 11) is 0. The minimum atomic E-state index is 0.104. The highest BCUT2D eigenvalue weighted by molar-refractivity contribution is 7.18. The van der Waals surface area contributed by atoms with Crippen LogP contribution in [0.3, 0.4) is 0 Å². The van der Waals surface area contributed by atoms with Crippen LogP contribution in [-0.4, -0.2) is 21.2 Å². The Bertz CT molecular complexity index is 768. The lowest BCUT2D eigenvalue weighted by molar-refractivity contribution is 0.604. The molecule has 0 atom stereocenters. The molecule has 5 nitrogen and oxygen atoms in total. The summed E-state index contributed by atoms with van der Waals surface area (Å²) in [5.41, 5.74) is 5.69. The molecule has 0 aliphatic heterocycles. The lowest BCUT2D eigenvalue weighted by Crippen LogP contribution is -2.07. The highest BCUT2D eigenvalue weighted by Gasteiger charge is 2.18. The number of nitrogens with one attached hydrogen (secondary N) is 1. The van der Waals surface area contributed by atoms with Crippen LogP contribution in [0.25, 0.3) is 10.2 Å². The molecule has 0 spiro atoms. The predicted molar refractivity (Wildman–Crippen MR) is 89.4 cm³/mol. The predicted octanol–water partition coefficient (Wildman–Crippen LogP) is 3.89. The fraction of sp³-hybridized carbons (Fsp3) is 0.286. The van der Waals surface area contributed by atoms with E-state index in [1.54, 1.807) is 40.7 Å². The van der Waals surface area contributed by atoms with Gasteiger partial charge in [0, 0.05) is 10.3 Å². The smallest absolute Gasteiger partial charge is 0.158 e. The summed E-state index contributed by atoms with van der Waals surface area (Å²) < 4.78 is 0. The summed E-state index contributed by atoms with van der Waals surface area (Å²) in [6.07, 6.45) is 3.24. The third-order valence-electron chi connectivity index (χ3n) is 2.89. The highest BCUT2D eigenvalue weighted by Crippen LogP contribution is 2.35. The Morgan fingerprint density at radius 2 is 2.10 bits per heavy atom. The van der Waals surface area contributed by atoms with E-state index in [1.165, 1.54) is 4.88 Å². The average Bonchev–Trinajstić information content (AvgIpc) is 3.06. The van der Waals surface area contributed by atoms with E-state index in [1.807, 2.05) is 5.38 Å². The van der Waals surface area contributed by atoms with Crippen molar-refractivity contribution in [3.63, 3.8) is 0 Å². The molecule has 0 unspecified atom stereocenters. The molecule has 0 saturated heterocycles. The summed E-state index contributed by atoms with van der Waals surface area (Å²) in [6.45, 7) is 6.58. The molecule has 3 heterocycles. The summed E-state index contributed by atoms with van der Waals surface area (Å²) >= 11 is 3.24. The largest absolute Gasteiger partial charge is 0.261 e. The number of hydrogen-bond acceptors (Lipinski definition) is 7. The summed E-state index contributed by atoms with van der Waals surface area (Å²) in [5, 5.41) is 7.13. The molecule has 0 aliphatic carbocycles. The third-order valence-corrected chi connectivity index (χ3v) is 4.96. The van der Waals surface area contributed by atoms with Gasteiger partial charge < -0.3 is 0 Å². The van der Waals surface area contributed by atoms with Crippen molar-refractivity contribution in [2.24, 2.45) is 5.10 Å². The second kappa shape index (κ2) is 5.50. The first kappa shape index (κ1) is 14.1. The lowest BCUT2D eigenvalue weighted by Gasteiger charge is -2.14. The molecule has 0 radical (unpaired) electrons. The quantitative estimate of drug-likeness (QED) is 0.588. The van der Waals surface area contributed by atoms with Gasteiger partial charge in [-0.2, -0.15) is 5.10 Å². The van der Waals surface area contributed by atoms with Gasteiger partial charge in [0.15, 0.2) is 5.82 Å². The normalized spacial score (nSPS) is 12.3. The fourth-order valence-electron chi connectivity index (χ4n) is 1.76. The number of aromatic nitrogens is 3. The standard InChI is InChI=1S/C14H15N5S2/c1-14(2,3)11-4-10-12(15-7-16-13(10)21-11)19-18-5-9-6-20-8-17-9/h4-8H,1-3H3,(H,15,16,19)/b18-5+. The maximum Gasteiger partial charge on any atom is 0.158 e. The van der Waals surface area contributed by atoms with Crippen molar-refractivity contribution >= 4 is 44.9 Å². The summed E-state index contributed by atoms with van der Waals surface area (Å²) in [5.74, 6) is 0.721. The fourth-order valence-corrected chi connectivity index (χ4v) is 3.32. The van der Waals surface area contributed by atoms with E-state index >= 15 is 0 Å². The van der Waals surface area contributed by atoms with Crippen LogP contribution in [0.5, 0.6) is 0 Å². The molecule has 3 aromatic heterocycles. The van der Waals surface area contributed by atoms with Gasteiger partial charge >= 0.3 is 0 Å². The van der Waals surface area contributed by atoms with E-state index in [0.29, 0.717) is 0 Å². The van der Waals surface area contributed by atoms with Gasteiger partial charge in [0.1, 0.15) is 11.2 Å². The lowest BCUT2D eigenvalue weighted by atomic mass is 9.94. The van der Waals surface area contributed by atoms with Gasteiger partial charge in [0.25, 0.3) is 0 Å². The van der Waals surface area contributed by atoms with Crippen LogP contribution in [0.2, 0.25) is 0 Å². The topological polar surface area (TPSA) is 63.1 Å². The molecule has 1 N–H and O–H groups in total. The maximum atomic E-state index is 4.34. The molecule has 0 saturated carbocycles. The molecule has 7 heteroatoms. The molecule has 0 bridgehead atoms. The Morgan fingerprint density at radius 3 is 2.81 bits per heavy atom. The molecule has 3 aromatic rings. The van der Waals surface area contributed by atoms with Crippen molar-refractivity contribution in [2.75, 3.05) is 5.43 Å². The zero-order valence-corrected chi connectivity index (χ0v) is 13.6. The SMILES string of the molecule is CC(C)(C)c1cc2c(N/N=C/c3cscn3)ncnc2s1. The minimum absolute atomic E-state index is 0.104. The van der Waals surface area contributed by atoms with Crippen LogP contribution in [0.1, 0.15) is 31.3 Å². The maximum absolute atomic E-state index is 4.34. The number of rotatable bonds is 3. The van der Waals surface area contributed by atoms with E-state index in [4.69, 9.17) is 0 Å². The number of thiazole rings is 1. The summed E-state index contributed by atoms with van der Waals surface area (Å²) in [4.78, 5) is 15.0. The van der Waals surface area contributed by atoms with Crippen LogP contribution in [0.4, 0.5) is 5.82 Å². The second-order valence-electron chi connectivity index (χ2n) is 5.59. The number of thiophene rings is 1. The molecular formula is C14H15N5S2. The highest BCUT2D eigenvalue weighted by atomic mass is 32.1. The Labute approximate surface area is 130 Å². The Morgan fingerprint density at radius 1 is 1.24 bits per heavy atom. The number of anilines is 1. The van der Waals surface area contributed by atoms with E-state index in [9.17, 15) is 0 Å². The van der Waals surface area contributed by atoms with E-state index < -0.39 is 0 Å².